The van der Waals surface area contributed by atoms with Gasteiger partial charge in [-0.15, -0.1) is 0 Å². The van der Waals surface area contributed by atoms with Gasteiger partial charge in [0.25, 0.3) is 0 Å². The summed E-state index contributed by atoms with van der Waals surface area (Å²) in [6.45, 7) is 2.17. The molecule has 1 saturated carbocycles. The molecule has 0 bridgehead atoms. The van der Waals surface area contributed by atoms with Gasteiger partial charge in [0.1, 0.15) is 0 Å². The van der Waals surface area contributed by atoms with Gasteiger partial charge in [-0.05, 0) is 18.8 Å². The van der Waals surface area contributed by atoms with Crippen LogP contribution >= 0.6 is 0 Å². The summed E-state index contributed by atoms with van der Waals surface area (Å²) < 4.78 is 0. The number of H-pyrrole nitrogens is 1. The van der Waals surface area contributed by atoms with Crippen LogP contribution < -0.4 is 0 Å². The molecule has 1 aromatic rings. The molecule has 0 amide bonds. The van der Waals surface area contributed by atoms with E-state index < -0.39 is 5.97 Å². The molecule has 4 heteroatoms. The smallest absolute Gasteiger partial charge is 0.356 e. The minimum Gasteiger partial charge on any atom is -0.476 e. The Morgan fingerprint density at radius 1 is 1.77 bits per heavy atom. The number of nitrogens with one attached hydrogen (secondary N) is 1. The molecule has 2 N–H and O–H groups in total. The molecule has 1 heterocycles. The average Bonchev–Trinajstić information content (AvgIpc) is 2.46. The van der Waals surface area contributed by atoms with E-state index in [1.165, 1.54) is 6.42 Å². The van der Waals surface area contributed by atoms with E-state index in [1.807, 2.05) is 0 Å². The molecule has 1 fully saturated rings. The van der Waals surface area contributed by atoms with E-state index >= 15 is 0 Å². The summed E-state index contributed by atoms with van der Waals surface area (Å²) in [4.78, 5) is 10.8. The van der Waals surface area contributed by atoms with Crippen molar-refractivity contribution in [1.29, 1.82) is 0 Å². The summed E-state index contributed by atoms with van der Waals surface area (Å²) in [7, 11) is 0. The molecule has 2 aliphatic carbocycles. The zero-order valence-corrected chi connectivity index (χ0v) is 7.29. The first kappa shape index (κ1) is 7.12. The Morgan fingerprint density at radius 2 is 2.54 bits per heavy atom. The average molecular weight is 178 g/mol. The molecule has 0 saturated heterocycles. The summed E-state index contributed by atoms with van der Waals surface area (Å²) in [5, 5.41) is 15.5. The summed E-state index contributed by atoms with van der Waals surface area (Å²) >= 11 is 0. The van der Waals surface area contributed by atoms with Crippen molar-refractivity contribution in [2.45, 2.75) is 25.2 Å². The number of carboxylic acids is 1. The Balaban J connectivity index is 2.17. The minimum atomic E-state index is -0.914. The summed E-state index contributed by atoms with van der Waals surface area (Å²) in [6, 6.07) is 0. The zero-order valence-electron chi connectivity index (χ0n) is 7.29. The van der Waals surface area contributed by atoms with E-state index in [-0.39, 0.29) is 11.1 Å². The minimum absolute atomic E-state index is 0.218. The Bertz CT molecular complexity index is 410. The quantitative estimate of drug-likeness (QED) is 0.672. The van der Waals surface area contributed by atoms with Gasteiger partial charge in [-0.25, -0.2) is 4.79 Å². The topological polar surface area (TPSA) is 66.0 Å². The molecule has 0 aliphatic heterocycles. The van der Waals surface area contributed by atoms with Crippen LogP contribution in [0.3, 0.4) is 0 Å². The second-order valence-electron chi connectivity index (χ2n) is 4.25. The normalized spacial score (nSPS) is 34.1. The number of aromatic nitrogens is 2. The molecule has 2 aliphatic rings. The molecule has 0 spiro atoms. The fraction of sp³-hybridized carbons (Fsp3) is 0.556. The number of rotatable bonds is 1. The predicted molar refractivity (Wildman–Crippen MR) is 44.7 cm³/mol. The number of fused-ring (bicyclic) bond motifs is 3. The zero-order chi connectivity index (χ0) is 9.22. The molecule has 1 aromatic heterocycles. The second-order valence-corrected chi connectivity index (χ2v) is 4.25. The SMILES string of the molecule is CC12CC1Cc1c(C(=O)O)n[nH]c12. The lowest BCUT2D eigenvalue weighted by Crippen LogP contribution is -2.01. The maximum absolute atomic E-state index is 10.8. The van der Waals surface area contributed by atoms with Gasteiger partial charge in [-0.2, -0.15) is 5.10 Å². The van der Waals surface area contributed by atoms with Crippen LogP contribution in [0.5, 0.6) is 0 Å². The Labute approximate surface area is 75.0 Å². The number of hydrogen-bond donors (Lipinski definition) is 2. The van der Waals surface area contributed by atoms with E-state index in [1.54, 1.807) is 0 Å². The number of hydrogen-bond acceptors (Lipinski definition) is 2. The summed E-state index contributed by atoms with van der Waals surface area (Å²) in [5.41, 5.74) is 2.44. The lowest BCUT2D eigenvalue weighted by molar-refractivity contribution is 0.0689. The van der Waals surface area contributed by atoms with Crippen LogP contribution in [0.15, 0.2) is 0 Å². The van der Waals surface area contributed by atoms with Crippen LogP contribution in [0.4, 0.5) is 0 Å². The van der Waals surface area contributed by atoms with E-state index in [2.05, 4.69) is 17.1 Å². The van der Waals surface area contributed by atoms with Crippen molar-refractivity contribution >= 4 is 5.97 Å². The third kappa shape index (κ3) is 0.669. The number of carbonyl (C=O) groups is 1. The van der Waals surface area contributed by atoms with E-state index in [4.69, 9.17) is 5.11 Å². The number of aromatic amines is 1. The number of nitrogens with zero attached hydrogens (tertiary/aromatic N) is 1. The third-order valence-electron chi connectivity index (χ3n) is 3.50. The molecule has 4 nitrogen and oxygen atoms in total. The van der Waals surface area contributed by atoms with Gasteiger partial charge in [0.05, 0.1) is 0 Å². The van der Waals surface area contributed by atoms with Gasteiger partial charge < -0.3 is 5.11 Å². The van der Waals surface area contributed by atoms with Crippen molar-refractivity contribution in [1.82, 2.24) is 10.2 Å². The third-order valence-corrected chi connectivity index (χ3v) is 3.50. The van der Waals surface area contributed by atoms with Crippen molar-refractivity contribution in [3.8, 4) is 0 Å². The Kier molecular flexibility index (Phi) is 0.977. The van der Waals surface area contributed by atoms with Crippen molar-refractivity contribution in [2.75, 3.05) is 0 Å². The van der Waals surface area contributed by atoms with Gasteiger partial charge in [-0.1, -0.05) is 6.92 Å². The van der Waals surface area contributed by atoms with Gasteiger partial charge in [0.15, 0.2) is 5.69 Å². The van der Waals surface area contributed by atoms with Crippen LogP contribution in [0.2, 0.25) is 0 Å². The van der Waals surface area contributed by atoms with Crippen molar-refractivity contribution in [2.24, 2.45) is 5.92 Å². The van der Waals surface area contributed by atoms with Gasteiger partial charge in [0, 0.05) is 16.7 Å². The summed E-state index contributed by atoms with van der Waals surface area (Å²) in [6.07, 6.45) is 2.07. The van der Waals surface area contributed by atoms with Gasteiger partial charge >= 0.3 is 5.97 Å². The van der Waals surface area contributed by atoms with Crippen LogP contribution in [0.25, 0.3) is 0 Å². The standard InChI is InChI=1S/C9H10N2O2/c1-9-3-4(9)2-5-6(8(12)13)10-11-7(5)9/h4H,2-3H2,1H3,(H,10,11)(H,12,13). The Morgan fingerprint density at radius 3 is 3.23 bits per heavy atom. The highest BCUT2D eigenvalue weighted by molar-refractivity contribution is 5.88. The fourth-order valence-electron chi connectivity index (χ4n) is 2.52. The maximum atomic E-state index is 10.8. The lowest BCUT2D eigenvalue weighted by atomic mass is 10.1. The highest BCUT2D eigenvalue weighted by Crippen LogP contribution is 2.61. The van der Waals surface area contributed by atoms with E-state index in [0.717, 1.165) is 17.7 Å². The first-order valence-corrected chi connectivity index (χ1v) is 4.44. The first-order valence-electron chi connectivity index (χ1n) is 4.44. The molecule has 13 heavy (non-hydrogen) atoms. The lowest BCUT2D eigenvalue weighted by Gasteiger charge is -2.00. The molecule has 68 valence electrons. The van der Waals surface area contributed by atoms with Crippen molar-refractivity contribution < 1.29 is 9.90 Å². The van der Waals surface area contributed by atoms with Gasteiger partial charge in [0.2, 0.25) is 0 Å². The molecule has 0 radical (unpaired) electrons. The molecule has 0 aromatic carbocycles. The maximum Gasteiger partial charge on any atom is 0.356 e. The fourth-order valence-corrected chi connectivity index (χ4v) is 2.52. The predicted octanol–water partition coefficient (Wildman–Crippen LogP) is 0.942. The second kappa shape index (κ2) is 1.78. The largest absolute Gasteiger partial charge is 0.476 e. The molecular weight excluding hydrogens is 168 g/mol. The van der Waals surface area contributed by atoms with Gasteiger partial charge in [-0.3, -0.25) is 5.10 Å². The van der Waals surface area contributed by atoms with Crippen LogP contribution in [-0.4, -0.2) is 21.3 Å². The first-order chi connectivity index (χ1) is 6.13. The van der Waals surface area contributed by atoms with E-state index in [0.29, 0.717) is 5.92 Å². The highest BCUT2D eigenvalue weighted by Gasteiger charge is 2.58. The van der Waals surface area contributed by atoms with Crippen LogP contribution in [0.1, 0.15) is 35.1 Å². The molecule has 3 rings (SSSR count). The molecule has 2 atom stereocenters. The van der Waals surface area contributed by atoms with Crippen molar-refractivity contribution in [3.63, 3.8) is 0 Å². The molecule has 2 unspecified atom stereocenters. The number of carboxylic acid groups (broad SMARTS) is 1. The van der Waals surface area contributed by atoms with Crippen molar-refractivity contribution in [3.05, 3.63) is 17.0 Å². The highest BCUT2D eigenvalue weighted by atomic mass is 16.4. The van der Waals surface area contributed by atoms with E-state index in [9.17, 15) is 4.79 Å². The monoisotopic (exact) mass is 178 g/mol. The summed E-state index contributed by atoms with van der Waals surface area (Å²) in [5.74, 6) is -0.253. The van der Waals surface area contributed by atoms with Crippen LogP contribution in [0, 0.1) is 5.92 Å². The van der Waals surface area contributed by atoms with Crippen LogP contribution in [-0.2, 0) is 11.8 Å². The number of aromatic carboxylic acids is 1. The Hall–Kier alpha value is -1.32. The molecular formula is C9H10N2O2.